The molecule has 0 heterocycles. The van der Waals surface area contributed by atoms with E-state index in [0.29, 0.717) is 13.1 Å². The zero-order chi connectivity index (χ0) is 13.2. The van der Waals surface area contributed by atoms with Gasteiger partial charge in [-0.15, -0.1) is 6.42 Å². The van der Waals surface area contributed by atoms with Crippen LogP contribution in [-0.4, -0.2) is 37.5 Å². The summed E-state index contributed by atoms with van der Waals surface area (Å²) in [5.41, 5.74) is 1.31. The number of carbonyl (C=O) groups is 1. The molecule has 0 atom stereocenters. The van der Waals surface area contributed by atoms with Crippen molar-refractivity contribution in [1.29, 1.82) is 0 Å². The molecular formula is C15H20N2O. The molecule has 0 aliphatic heterocycles. The Morgan fingerprint density at radius 3 is 2.78 bits per heavy atom. The zero-order valence-electron chi connectivity index (χ0n) is 10.9. The van der Waals surface area contributed by atoms with Crippen LogP contribution in [-0.2, 0) is 11.2 Å². The Kier molecular flexibility index (Phi) is 6.60. The molecule has 0 saturated heterocycles. The van der Waals surface area contributed by atoms with E-state index in [9.17, 15) is 4.79 Å². The SMILES string of the molecule is C#CCNCC(=O)N(C)CCCc1ccccc1. The van der Waals surface area contributed by atoms with Gasteiger partial charge in [-0.2, -0.15) is 0 Å². The van der Waals surface area contributed by atoms with Crippen LogP contribution in [0.15, 0.2) is 30.3 Å². The lowest BCUT2D eigenvalue weighted by molar-refractivity contribution is -0.128. The number of likely N-dealkylation sites (N-methyl/N-ethyl adjacent to an activating group) is 1. The van der Waals surface area contributed by atoms with Gasteiger partial charge >= 0.3 is 0 Å². The number of nitrogens with zero attached hydrogens (tertiary/aromatic N) is 1. The first-order valence-electron chi connectivity index (χ1n) is 6.16. The summed E-state index contributed by atoms with van der Waals surface area (Å²) >= 11 is 0. The fourth-order valence-electron chi connectivity index (χ4n) is 1.67. The van der Waals surface area contributed by atoms with Crippen LogP contribution < -0.4 is 5.32 Å². The number of terminal acetylenes is 1. The first-order valence-corrected chi connectivity index (χ1v) is 6.16. The molecule has 0 fully saturated rings. The standard InChI is InChI=1S/C15H20N2O/c1-3-11-16-13-15(18)17(2)12-7-10-14-8-5-4-6-9-14/h1,4-6,8-9,16H,7,10-13H2,2H3. The predicted molar refractivity (Wildman–Crippen MR) is 74.1 cm³/mol. The number of rotatable bonds is 7. The van der Waals surface area contributed by atoms with Crippen LogP contribution in [0, 0.1) is 12.3 Å². The third-order valence-electron chi connectivity index (χ3n) is 2.73. The van der Waals surface area contributed by atoms with Crippen LogP contribution in [0.4, 0.5) is 0 Å². The molecule has 1 rings (SSSR count). The second kappa shape index (κ2) is 8.32. The molecular weight excluding hydrogens is 224 g/mol. The minimum atomic E-state index is 0.0818. The number of amides is 1. The first-order chi connectivity index (χ1) is 8.74. The molecule has 18 heavy (non-hydrogen) atoms. The molecule has 0 aromatic heterocycles. The summed E-state index contributed by atoms with van der Waals surface area (Å²) in [5.74, 6) is 2.53. The Labute approximate surface area is 109 Å². The van der Waals surface area contributed by atoms with E-state index in [2.05, 4.69) is 23.4 Å². The normalized spacial score (nSPS) is 9.78. The highest BCUT2D eigenvalue weighted by Gasteiger charge is 2.06. The molecule has 0 bridgehead atoms. The maximum atomic E-state index is 11.7. The third-order valence-corrected chi connectivity index (χ3v) is 2.73. The molecule has 96 valence electrons. The molecule has 3 nitrogen and oxygen atoms in total. The average molecular weight is 244 g/mol. The second-order valence-corrected chi connectivity index (χ2v) is 4.21. The van der Waals surface area contributed by atoms with Gasteiger partial charge < -0.3 is 4.90 Å². The Hall–Kier alpha value is -1.79. The Balaban J connectivity index is 2.19. The predicted octanol–water partition coefficient (Wildman–Crippen LogP) is 1.30. The van der Waals surface area contributed by atoms with Gasteiger partial charge in [0, 0.05) is 13.6 Å². The molecule has 0 saturated carbocycles. The number of hydrogen-bond acceptors (Lipinski definition) is 2. The van der Waals surface area contributed by atoms with Crippen LogP contribution in [0.5, 0.6) is 0 Å². The van der Waals surface area contributed by atoms with Crippen molar-refractivity contribution in [3.05, 3.63) is 35.9 Å². The summed E-state index contributed by atoms with van der Waals surface area (Å²) in [6.07, 6.45) is 7.07. The molecule has 1 aromatic carbocycles. The van der Waals surface area contributed by atoms with Crippen molar-refractivity contribution >= 4 is 5.91 Å². The van der Waals surface area contributed by atoms with Gasteiger partial charge in [-0.3, -0.25) is 10.1 Å². The first kappa shape index (κ1) is 14.3. The number of carbonyl (C=O) groups excluding carboxylic acids is 1. The summed E-state index contributed by atoms with van der Waals surface area (Å²) in [4.78, 5) is 13.4. The highest BCUT2D eigenvalue weighted by atomic mass is 16.2. The van der Waals surface area contributed by atoms with Crippen molar-refractivity contribution < 1.29 is 4.79 Å². The van der Waals surface area contributed by atoms with Crippen molar-refractivity contribution in [3.8, 4) is 12.3 Å². The van der Waals surface area contributed by atoms with Crippen molar-refractivity contribution in [1.82, 2.24) is 10.2 Å². The van der Waals surface area contributed by atoms with Crippen LogP contribution in [0.25, 0.3) is 0 Å². The minimum absolute atomic E-state index is 0.0818. The molecule has 1 N–H and O–H groups in total. The molecule has 1 aromatic rings. The van der Waals surface area contributed by atoms with E-state index in [4.69, 9.17) is 6.42 Å². The van der Waals surface area contributed by atoms with Crippen LogP contribution in [0.2, 0.25) is 0 Å². The number of benzene rings is 1. The van der Waals surface area contributed by atoms with Crippen molar-refractivity contribution in [2.75, 3.05) is 26.7 Å². The molecule has 3 heteroatoms. The lowest BCUT2D eigenvalue weighted by Crippen LogP contribution is -2.36. The van der Waals surface area contributed by atoms with E-state index in [0.717, 1.165) is 19.4 Å². The Morgan fingerprint density at radius 1 is 1.39 bits per heavy atom. The van der Waals surface area contributed by atoms with Gasteiger partial charge in [0.05, 0.1) is 13.1 Å². The Bertz CT molecular complexity index is 395. The van der Waals surface area contributed by atoms with Crippen LogP contribution >= 0.6 is 0 Å². The van der Waals surface area contributed by atoms with E-state index in [1.807, 2.05) is 25.2 Å². The summed E-state index contributed by atoms with van der Waals surface area (Å²) in [6.45, 7) is 1.51. The van der Waals surface area contributed by atoms with Gasteiger partial charge in [0.2, 0.25) is 5.91 Å². The fourth-order valence-corrected chi connectivity index (χ4v) is 1.67. The average Bonchev–Trinajstić information content (AvgIpc) is 2.40. The zero-order valence-corrected chi connectivity index (χ0v) is 10.9. The van der Waals surface area contributed by atoms with Crippen molar-refractivity contribution in [3.63, 3.8) is 0 Å². The second-order valence-electron chi connectivity index (χ2n) is 4.21. The van der Waals surface area contributed by atoms with E-state index in [1.54, 1.807) is 4.90 Å². The highest BCUT2D eigenvalue weighted by molar-refractivity contribution is 5.77. The maximum Gasteiger partial charge on any atom is 0.236 e. The third kappa shape index (κ3) is 5.51. The van der Waals surface area contributed by atoms with E-state index in [-0.39, 0.29) is 5.91 Å². The van der Waals surface area contributed by atoms with Crippen LogP contribution in [0.3, 0.4) is 0 Å². The number of nitrogens with one attached hydrogen (secondary N) is 1. The smallest absolute Gasteiger partial charge is 0.236 e. The van der Waals surface area contributed by atoms with Crippen molar-refractivity contribution in [2.24, 2.45) is 0 Å². The van der Waals surface area contributed by atoms with E-state index < -0.39 is 0 Å². The summed E-state index contributed by atoms with van der Waals surface area (Å²) in [7, 11) is 1.82. The number of hydrogen-bond donors (Lipinski definition) is 1. The summed E-state index contributed by atoms with van der Waals surface area (Å²) in [5, 5.41) is 2.90. The number of aryl methyl sites for hydroxylation is 1. The van der Waals surface area contributed by atoms with Crippen LogP contribution in [0.1, 0.15) is 12.0 Å². The maximum absolute atomic E-state index is 11.7. The lowest BCUT2D eigenvalue weighted by Gasteiger charge is -2.17. The fraction of sp³-hybridized carbons (Fsp3) is 0.400. The van der Waals surface area contributed by atoms with Gasteiger partial charge in [-0.1, -0.05) is 36.3 Å². The molecule has 1 amide bonds. The van der Waals surface area contributed by atoms with E-state index in [1.165, 1.54) is 5.56 Å². The minimum Gasteiger partial charge on any atom is -0.345 e. The molecule has 0 aliphatic rings. The van der Waals surface area contributed by atoms with E-state index >= 15 is 0 Å². The molecule has 0 radical (unpaired) electrons. The summed E-state index contributed by atoms with van der Waals surface area (Å²) in [6, 6.07) is 10.3. The topological polar surface area (TPSA) is 32.3 Å². The molecule has 0 aliphatic carbocycles. The van der Waals surface area contributed by atoms with Gasteiger partial charge in [-0.05, 0) is 18.4 Å². The highest BCUT2D eigenvalue weighted by Crippen LogP contribution is 2.02. The monoisotopic (exact) mass is 244 g/mol. The largest absolute Gasteiger partial charge is 0.345 e. The van der Waals surface area contributed by atoms with Gasteiger partial charge in [0.15, 0.2) is 0 Å². The molecule has 0 unspecified atom stereocenters. The van der Waals surface area contributed by atoms with Gasteiger partial charge in [-0.25, -0.2) is 0 Å². The van der Waals surface area contributed by atoms with Crippen molar-refractivity contribution in [2.45, 2.75) is 12.8 Å². The summed E-state index contributed by atoms with van der Waals surface area (Å²) < 4.78 is 0. The quantitative estimate of drug-likeness (QED) is 0.579. The molecule has 0 spiro atoms. The van der Waals surface area contributed by atoms with Gasteiger partial charge in [0.25, 0.3) is 0 Å². The Morgan fingerprint density at radius 2 is 2.11 bits per heavy atom. The lowest BCUT2D eigenvalue weighted by atomic mass is 10.1. The van der Waals surface area contributed by atoms with Gasteiger partial charge in [0.1, 0.15) is 0 Å².